The van der Waals surface area contributed by atoms with Crippen LogP contribution in [0.4, 0.5) is 0 Å². The first-order valence-electron chi connectivity index (χ1n) is 13.1. The van der Waals surface area contributed by atoms with E-state index in [1.807, 2.05) is 0 Å². The van der Waals surface area contributed by atoms with Crippen molar-refractivity contribution >= 4 is 16.8 Å². The zero-order valence-electron chi connectivity index (χ0n) is 20.1. The summed E-state index contributed by atoms with van der Waals surface area (Å²) in [6, 6.07) is 8.76. The predicted octanol–water partition coefficient (Wildman–Crippen LogP) is 5.55. The maximum atomic E-state index is 13.1. The lowest BCUT2D eigenvalue weighted by molar-refractivity contribution is -0.121. The van der Waals surface area contributed by atoms with E-state index in [0.717, 1.165) is 50.9 Å². The molecule has 0 radical (unpaired) electrons. The van der Waals surface area contributed by atoms with Gasteiger partial charge in [0.2, 0.25) is 5.91 Å². The Morgan fingerprint density at radius 2 is 1.97 bits per heavy atom. The quantitative estimate of drug-likeness (QED) is 0.531. The van der Waals surface area contributed by atoms with Crippen LogP contribution in [0, 0.1) is 17.8 Å². The molecule has 1 aliphatic heterocycles. The van der Waals surface area contributed by atoms with Gasteiger partial charge < -0.3 is 15.2 Å². The SMILES string of the molecule is CC1C=C(C(CC(=O)NCCC2CCNCC2)c2cn(CC3CC3)c3ccccc23)C=CC1. The second-order valence-corrected chi connectivity index (χ2v) is 10.6. The predicted molar refractivity (Wildman–Crippen MR) is 136 cm³/mol. The number of para-hydroxylation sites is 1. The van der Waals surface area contributed by atoms with Crippen LogP contribution >= 0.6 is 0 Å². The van der Waals surface area contributed by atoms with Gasteiger partial charge in [0.15, 0.2) is 0 Å². The van der Waals surface area contributed by atoms with Crippen LogP contribution in [-0.4, -0.2) is 30.1 Å². The van der Waals surface area contributed by atoms with Gasteiger partial charge in [-0.2, -0.15) is 0 Å². The molecule has 1 aromatic carbocycles. The maximum Gasteiger partial charge on any atom is 0.220 e. The number of benzene rings is 1. The summed E-state index contributed by atoms with van der Waals surface area (Å²) in [6.07, 6.45) is 17.1. The number of nitrogens with one attached hydrogen (secondary N) is 2. The Kier molecular flexibility index (Phi) is 7.01. The van der Waals surface area contributed by atoms with Crippen molar-refractivity contribution in [2.45, 2.75) is 64.3 Å². The largest absolute Gasteiger partial charge is 0.356 e. The minimum absolute atomic E-state index is 0.105. The molecule has 4 nitrogen and oxygen atoms in total. The van der Waals surface area contributed by atoms with E-state index >= 15 is 0 Å². The van der Waals surface area contributed by atoms with E-state index in [1.165, 1.54) is 47.7 Å². The lowest BCUT2D eigenvalue weighted by atomic mass is 9.83. The summed E-state index contributed by atoms with van der Waals surface area (Å²) in [7, 11) is 0. The number of carbonyl (C=O) groups is 1. The Bertz CT molecular complexity index is 1020. The number of amides is 1. The molecule has 2 unspecified atom stereocenters. The summed E-state index contributed by atoms with van der Waals surface area (Å²) in [4.78, 5) is 13.1. The zero-order chi connectivity index (χ0) is 22.6. The van der Waals surface area contributed by atoms with Crippen LogP contribution in [0.5, 0.6) is 0 Å². The molecule has 2 aromatic rings. The van der Waals surface area contributed by atoms with Gasteiger partial charge in [-0.15, -0.1) is 0 Å². The fourth-order valence-corrected chi connectivity index (χ4v) is 5.64. The lowest BCUT2D eigenvalue weighted by Crippen LogP contribution is -2.32. The molecule has 5 rings (SSSR count). The number of allylic oxidation sites excluding steroid dienone is 4. The van der Waals surface area contributed by atoms with E-state index in [9.17, 15) is 4.79 Å². The molecule has 1 saturated carbocycles. The van der Waals surface area contributed by atoms with Crippen molar-refractivity contribution in [1.82, 2.24) is 15.2 Å². The van der Waals surface area contributed by atoms with Crippen molar-refractivity contribution in [3.8, 4) is 0 Å². The van der Waals surface area contributed by atoms with Crippen LogP contribution in [0.3, 0.4) is 0 Å². The van der Waals surface area contributed by atoms with Gasteiger partial charge in [-0.1, -0.05) is 43.4 Å². The smallest absolute Gasteiger partial charge is 0.220 e. The number of aromatic nitrogens is 1. The van der Waals surface area contributed by atoms with Crippen LogP contribution in [-0.2, 0) is 11.3 Å². The van der Waals surface area contributed by atoms with Gasteiger partial charge in [-0.25, -0.2) is 0 Å². The van der Waals surface area contributed by atoms with Crippen molar-refractivity contribution in [1.29, 1.82) is 0 Å². The molecule has 3 aliphatic rings. The average Bonchev–Trinajstić information content (AvgIpc) is 3.58. The third-order valence-corrected chi connectivity index (χ3v) is 7.77. The lowest BCUT2D eigenvalue weighted by Gasteiger charge is -2.24. The summed E-state index contributed by atoms with van der Waals surface area (Å²) in [5.41, 5.74) is 3.92. The van der Waals surface area contributed by atoms with E-state index in [4.69, 9.17) is 0 Å². The standard InChI is InChI=1S/C29H39N3O/c1-21-5-4-6-24(17-21)26(18-29(33)31-16-13-22-11-14-30-15-12-22)27-20-32(19-23-9-10-23)28-8-3-2-7-25(27)28/h2-4,6-8,17,20-23,26,30H,5,9-16,18-19H2,1H3,(H,31,33). The van der Waals surface area contributed by atoms with Crippen LogP contribution < -0.4 is 10.6 Å². The highest BCUT2D eigenvalue weighted by Gasteiger charge is 2.27. The van der Waals surface area contributed by atoms with Crippen molar-refractivity contribution in [2.24, 2.45) is 17.8 Å². The number of fused-ring (bicyclic) bond motifs is 1. The van der Waals surface area contributed by atoms with Crippen LogP contribution in [0.2, 0.25) is 0 Å². The van der Waals surface area contributed by atoms with Crippen LogP contribution in [0.1, 0.15) is 63.4 Å². The second kappa shape index (κ2) is 10.3. The molecule has 2 aliphatic carbocycles. The van der Waals surface area contributed by atoms with E-state index < -0.39 is 0 Å². The first-order valence-corrected chi connectivity index (χ1v) is 13.1. The topological polar surface area (TPSA) is 46.1 Å². The highest BCUT2D eigenvalue weighted by molar-refractivity contribution is 5.87. The summed E-state index contributed by atoms with van der Waals surface area (Å²) in [5, 5.41) is 7.99. The number of piperidine rings is 1. The van der Waals surface area contributed by atoms with Gasteiger partial charge in [0.1, 0.15) is 0 Å². The summed E-state index contributed by atoms with van der Waals surface area (Å²) >= 11 is 0. The summed E-state index contributed by atoms with van der Waals surface area (Å²) in [5.74, 6) is 2.37. The fourth-order valence-electron chi connectivity index (χ4n) is 5.64. The molecular weight excluding hydrogens is 406 g/mol. The summed E-state index contributed by atoms with van der Waals surface area (Å²) in [6.45, 7) is 6.40. The molecule has 1 aromatic heterocycles. The first kappa shape index (κ1) is 22.5. The molecule has 1 amide bonds. The number of hydrogen-bond acceptors (Lipinski definition) is 2. The molecule has 4 heteroatoms. The molecule has 2 atom stereocenters. The molecule has 1 saturated heterocycles. The molecule has 0 bridgehead atoms. The van der Waals surface area contributed by atoms with Crippen molar-refractivity contribution < 1.29 is 4.79 Å². The highest BCUT2D eigenvalue weighted by atomic mass is 16.1. The monoisotopic (exact) mass is 445 g/mol. The van der Waals surface area contributed by atoms with Gasteiger partial charge in [-0.3, -0.25) is 4.79 Å². The van der Waals surface area contributed by atoms with Crippen molar-refractivity contribution in [3.05, 3.63) is 59.8 Å². The molecule has 0 spiro atoms. The van der Waals surface area contributed by atoms with Crippen LogP contribution in [0.25, 0.3) is 10.9 Å². The zero-order valence-corrected chi connectivity index (χ0v) is 20.1. The Morgan fingerprint density at radius 3 is 2.76 bits per heavy atom. The molecule has 2 fully saturated rings. The fraction of sp³-hybridized carbons (Fsp3) is 0.552. The normalized spacial score (nSPS) is 22.3. The number of hydrogen-bond donors (Lipinski definition) is 2. The van der Waals surface area contributed by atoms with Gasteiger partial charge in [0.25, 0.3) is 0 Å². The summed E-state index contributed by atoms with van der Waals surface area (Å²) < 4.78 is 2.45. The average molecular weight is 446 g/mol. The minimum Gasteiger partial charge on any atom is -0.356 e. The third-order valence-electron chi connectivity index (χ3n) is 7.77. The number of carbonyl (C=O) groups excluding carboxylic acids is 1. The highest BCUT2D eigenvalue weighted by Crippen LogP contribution is 2.39. The third kappa shape index (κ3) is 5.60. The van der Waals surface area contributed by atoms with Crippen molar-refractivity contribution in [2.75, 3.05) is 19.6 Å². The minimum atomic E-state index is 0.105. The Hall–Kier alpha value is -2.33. The van der Waals surface area contributed by atoms with E-state index in [1.54, 1.807) is 0 Å². The number of rotatable bonds is 9. The second-order valence-electron chi connectivity index (χ2n) is 10.6. The van der Waals surface area contributed by atoms with Crippen molar-refractivity contribution in [3.63, 3.8) is 0 Å². The maximum absolute atomic E-state index is 13.1. The molecule has 2 N–H and O–H groups in total. The number of nitrogens with zero attached hydrogens (tertiary/aromatic N) is 1. The molecule has 176 valence electrons. The Balaban J connectivity index is 1.36. The van der Waals surface area contributed by atoms with Gasteiger partial charge in [0.05, 0.1) is 0 Å². The van der Waals surface area contributed by atoms with Gasteiger partial charge in [-0.05, 0) is 86.6 Å². The van der Waals surface area contributed by atoms with E-state index in [2.05, 4.69) is 70.8 Å². The Labute approximate surface area is 198 Å². The van der Waals surface area contributed by atoms with Gasteiger partial charge in [0, 0.05) is 42.5 Å². The molecule has 2 heterocycles. The molecule has 33 heavy (non-hydrogen) atoms. The van der Waals surface area contributed by atoms with Crippen LogP contribution in [0.15, 0.2) is 54.3 Å². The van der Waals surface area contributed by atoms with Gasteiger partial charge >= 0.3 is 0 Å². The first-order chi connectivity index (χ1) is 16.2. The van der Waals surface area contributed by atoms with E-state index in [-0.39, 0.29) is 11.8 Å². The molecular formula is C29H39N3O. The Morgan fingerprint density at radius 1 is 1.15 bits per heavy atom. The van der Waals surface area contributed by atoms with E-state index in [0.29, 0.717) is 12.3 Å².